The number of carbonyl (C=O) groups excluding carboxylic acids is 1. The first-order valence-corrected chi connectivity index (χ1v) is 9.32. The minimum atomic E-state index is -0.536. The first-order valence-electron chi connectivity index (χ1n) is 8.51. The summed E-state index contributed by atoms with van der Waals surface area (Å²) in [4.78, 5) is 30.3. The lowest BCUT2D eigenvalue weighted by atomic mass is 10.2. The summed E-state index contributed by atoms with van der Waals surface area (Å²) < 4.78 is 0. The minimum absolute atomic E-state index is 0.0352. The Balaban J connectivity index is 1.55. The Kier molecular flexibility index (Phi) is 6.48. The highest BCUT2D eigenvalue weighted by molar-refractivity contribution is 7.16. The van der Waals surface area contributed by atoms with Gasteiger partial charge in [-0.25, -0.2) is 9.98 Å². The van der Waals surface area contributed by atoms with E-state index in [-0.39, 0.29) is 18.0 Å². The Hall–Kier alpha value is -3.79. The van der Waals surface area contributed by atoms with Gasteiger partial charge in [-0.05, 0) is 24.6 Å². The smallest absolute Gasteiger partial charge is 0.287 e. The number of aromatic nitrogens is 3. The lowest BCUT2D eigenvalue weighted by Crippen LogP contribution is -2.14. The molecule has 3 aromatic rings. The van der Waals surface area contributed by atoms with Gasteiger partial charge in [-0.3, -0.25) is 14.9 Å². The van der Waals surface area contributed by atoms with E-state index in [4.69, 9.17) is 0 Å². The molecule has 0 atom stereocenters. The van der Waals surface area contributed by atoms with Gasteiger partial charge in [-0.15, -0.1) is 10.2 Å². The second kappa shape index (κ2) is 9.42. The third-order valence-electron chi connectivity index (χ3n) is 3.57. The van der Waals surface area contributed by atoms with E-state index in [1.807, 2.05) is 42.5 Å². The van der Waals surface area contributed by atoms with E-state index in [2.05, 4.69) is 25.5 Å². The van der Waals surface area contributed by atoms with E-state index in [0.717, 1.165) is 11.8 Å². The molecule has 0 radical (unpaired) electrons. The van der Waals surface area contributed by atoms with Crippen molar-refractivity contribution in [2.75, 3.05) is 5.32 Å². The van der Waals surface area contributed by atoms with Crippen LogP contribution in [0.5, 0.6) is 0 Å². The van der Waals surface area contributed by atoms with Crippen LogP contribution in [0.2, 0.25) is 0 Å². The molecule has 1 amide bonds. The van der Waals surface area contributed by atoms with Crippen LogP contribution in [0, 0.1) is 10.1 Å². The molecule has 0 aliphatic carbocycles. The number of hydrogen-bond acceptors (Lipinski definition) is 8. The topological polar surface area (TPSA) is 123 Å². The zero-order chi connectivity index (χ0) is 20.6. The summed E-state index contributed by atoms with van der Waals surface area (Å²) in [5.74, 6) is 0.00745. The van der Waals surface area contributed by atoms with Crippen molar-refractivity contribution in [1.29, 1.82) is 0 Å². The predicted molar refractivity (Wildman–Crippen MR) is 112 cm³/mol. The summed E-state index contributed by atoms with van der Waals surface area (Å²) in [6.07, 6.45) is 4.90. The minimum Gasteiger partial charge on any atom is -0.300 e. The predicted octanol–water partition coefficient (Wildman–Crippen LogP) is 4.13. The molecule has 2 aromatic heterocycles. The van der Waals surface area contributed by atoms with Crippen LogP contribution < -0.4 is 5.32 Å². The maximum absolute atomic E-state index is 12.2. The van der Waals surface area contributed by atoms with Crippen molar-refractivity contribution in [3.63, 3.8) is 0 Å². The molecule has 146 valence electrons. The number of anilines is 1. The van der Waals surface area contributed by atoms with Gasteiger partial charge < -0.3 is 5.32 Å². The third kappa shape index (κ3) is 6.11. The van der Waals surface area contributed by atoms with E-state index in [1.165, 1.54) is 23.5 Å². The van der Waals surface area contributed by atoms with Gasteiger partial charge in [-0.2, -0.15) is 0 Å². The number of nitro groups is 1. The molecule has 2 heterocycles. The van der Waals surface area contributed by atoms with Crippen molar-refractivity contribution in [2.24, 2.45) is 4.99 Å². The molecule has 0 spiro atoms. The number of rotatable bonds is 7. The highest BCUT2D eigenvalue weighted by Gasteiger charge is 2.09. The maximum Gasteiger partial charge on any atom is 0.287 e. The Morgan fingerprint density at radius 1 is 1.21 bits per heavy atom. The summed E-state index contributed by atoms with van der Waals surface area (Å²) >= 11 is 1.26. The largest absolute Gasteiger partial charge is 0.300 e. The number of hydrogen-bond donors (Lipinski definition) is 1. The molecule has 0 saturated carbocycles. The lowest BCUT2D eigenvalue weighted by Gasteiger charge is -2.01. The molecule has 1 aromatic carbocycles. The number of aliphatic imine (C=N–C) groups is 1. The van der Waals surface area contributed by atoms with Gasteiger partial charge in [0, 0.05) is 11.8 Å². The van der Waals surface area contributed by atoms with Crippen molar-refractivity contribution in [3.05, 3.63) is 69.3 Å². The molecule has 0 bridgehead atoms. The monoisotopic (exact) mass is 408 g/mol. The normalized spacial score (nSPS) is 11.6. The summed E-state index contributed by atoms with van der Waals surface area (Å²) in [5.41, 5.74) is 1.44. The molecule has 9 nitrogen and oxygen atoms in total. The molecule has 0 saturated heterocycles. The summed E-state index contributed by atoms with van der Waals surface area (Å²) in [7, 11) is 0. The van der Waals surface area contributed by atoms with Crippen LogP contribution in [-0.2, 0) is 4.79 Å². The molecule has 29 heavy (non-hydrogen) atoms. The van der Waals surface area contributed by atoms with Gasteiger partial charge in [0.1, 0.15) is 11.2 Å². The molecule has 1 N–H and O–H groups in total. The molecular formula is C19H16N6O3S. The van der Waals surface area contributed by atoms with Gasteiger partial charge >= 0.3 is 0 Å². The molecule has 0 aliphatic rings. The Labute approximate surface area is 170 Å². The van der Waals surface area contributed by atoms with Crippen molar-refractivity contribution >= 4 is 51.7 Å². The van der Waals surface area contributed by atoms with Crippen LogP contribution in [0.25, 0.3) is 12.2 Å². The molecule has 10 heteroatoms. The van der Waals surface area contributed by atoms with Gasteiger partial charge in [0.2, 0.25) is 11.0 Å². The van der Waals surface area contributed by atoms with Crippen molar-refractivity contribution in [1.82, 2.24) is 15.2 Å². The van der Waals surface area contributed by atoms with Crippen molar-refractivity contribution in [2.45, 2.75) is 13.3 Å². The Morgan fingerprint density at radius 2 is 2.00 bits per heavy atom. The standard InChI is InChI=1S/C19H16N6O3S/c1-13(21-16-9-8-15(12-20-16)25(27)28)11-17(26)22-19-24-23-18(29-19)10-7-14-5-3-2-4-6-14/h2-10,12H,11H2,1H3,(H,22,24,26)/b10-7+,21-13?. The summed E-state index contributed by atoms with van der Waals surface area (Å²) in [6.45, 7) is 1.68. The molecular weight excluding hydrogens is 392 g/mol. The van der Waals surface area contributed by atoms with E-state index in [9.17, 15) is 14.9 Å². The number of amides is 1. The fraction of sp³-hybridized carbons (Fsp3) is 0.105. The van der Waals surface area contributed by atoms with Gasteiger partial charge in [0.15, 0.2) is 5.82 Å². The average molecular weight is 408 g/mol. The van der Waals surface area contributed by atoms with Gasteiger partial charge in [0.05, 0.1) is 11.3 Å². The molecule has 0 fully saturated rings. The van der Waals surface area contributed by atoms with E-state index in [1.54, 1.807) is 6.92 Å². The van der Waals surface area contributed by atoms with Crippen LogP contribution in [0.15, 0.2) is 53.7 Å². The number of carbonyl (C=O) groups is 1. The van der Waals surface area contributed by atoms with Crippen LogP contribution in [0.4, 0.5) is 16.6 Å². The number of nitrogens with zero attached hydrogens (tertiary/aromatic N) is 5. The van der Waals surface area contributed by atoms with Gasteiger partial charge in [0.25, 0.3) is 5.69 Å². The van der Waals surface area contributed by atoms with Crippen LogP contribution >= 0.6 is 11.3 Å². The van der Waals surface area contributed by atoms with Crippen molar-refractivity contribution in [3.8, 4) is 0 Å². The highest BCUT2D eigenvalue weighted by Crippen LogP contribution is 2.18. The van der Waals surface area contributed by atoms with E-state index < -0.39 is 4.92 Å². The van der Waals surface area contributed by atoms with Crippen LogP contribution in [-0.4, -0.2) is 31.7 Å². The highest BCUT2D eigenvalue weighted by atomic mass is 32.1. The first-order chi connectivity index (χ1) is 14.0. The Morgan fingerprint density at radius 3 is 2.69 bits per heavy atom. The zero-order valence-electron chi connectivity index (χ0n) is 15.3. The maximum atomic E-state index is 12.2. The van der Waals surface area contributed by atoms with Gasteiger partial charge in [-0.1, -0.05) is 47.7 Å². The van der Waals surface area contributed by atoms with Crippen LogP contribution in [0.3, 0.4) is 0 Å². The number of pyridine rings is 1. The molecule has 0 unspecified atom stereocenters. The fourth-order valence-electron chi connectivity index (χ4n) is 2.27. The number of nitrogens with one attached hydrogen (secondary N) is 1. The SMILES string of the molecule is CC(CC(=O)Nc1nnc(/C=C/c2ccccc2)s1)=Nc1ccc([N+](=O)[O-])cn1. The Bertz CT molecular complexity index is 1060. The zero-order valence-corrected chi connectivity index (χ0v) is 16.2. The third-order valence-corrected chi connectivity index (χ3v) is 4.37. The lowest BCUT2D eigenvalue weighted by molar-refractivity contribution is -0.385. The second-order valence-electron chi connectivity index (χ2n) is 5.89. The summed E-state index contributed by atoms with van der Waals surface area (Å²) in [6, 6.07) is 12.5. The van der Waals surface area contributed by atoms with E-state index in [0.29, 0.717) is 21.7 Å². The quantitative estimate of drug-likeness (QED) is 0.356. The molecule has 3 rings (SSSR count). The van der Waals surface area contributed by atoms with E-state index >= 15 is 0 Å². The summed E-state index contributed by atoms with van der Waals surface area (Å²) in [5, 5.41) is 22.4. The number of benzene rings is 1. The first kappa shape index (κ1) is 20.0. The fourth-order valence-corrected chi connectivity index (χ4v) is 2.93. The second-order valence-corrected chi connectivity index (χ2v) is 6.90. The van der Waals surface area contributed by atoms with Crippen molar-refractivity contribution < 1.29 is 9.72 Å². The van der Waals surface area contributed by atoms with Crippen LogP contribution in [0.1, 0.15) is 23.9 Å². The molecule has 0 aliphatic heterocycles. The average Bonchev–Trinajstić information content (AvgIpc) is 3.14.